The third-order valence-corrected chi connectivity index (χ3v) is 4.43. The molecule has 2 rings (SSSR count). The molecule has 1 aromatic rings. The smallest absolute Gasteiger partial charge is 0.168 e. The molecule has 2 heteroatoms. The lowest BCUT2D eigenvalue weighted by Gasteiger charge is -2.25. The second-order valence-electron chi connectivity index (χ2n) is 5.92. The summed E-state index contributed by atoms with van der Waals surface area (Å²) in [5.74, 6) is 0.00630. The minimum Gasteiger partial charge on any atom is -0.382 e. The second kappa shape index (κ2) is 5.87. The van der Waals surface area contributed by atoms with Crippen LogP contribution in [-0.4, -0.2) is 16.5 Å². The monoisotopic (exact) mass is 260 g/mol. The van der Waals surface area contributed by atoms with Gasteiger partial charge in [0.25, 0.3) is 0 Å². The van der Waals surface area contributed by atoms with Crippen LogP contribution < -0.4 is 0 Å². The summed E-state index contributed by atoms with van der Waals surface area (Å²) in [7, 11) is 0. The summed E-state index contributed by atoms with van der Waals surface area (Å²) in [4.78, 5) is 12.5. The predicted octanol–water partition coefficient (Wildman–Crippen LogP) is 3.50. The molecule has 0 unspecified atom stereocenters. The third kappa shape index (κ3) is 3.24. The zero-order valence-electron chi connectivity index (χ0n) is 12.0. The Morgan fingerprint density at radius 2 is 1.63 bits per heavy atom. The Labute approximate surface area is 115 Å². The maximum absolute atomic E-state index is 12.5. The lowest BCUT2D eigenvalue weighted by molar-refractivity contribution is -0.138. The lowest BCUT2D eigenvalue weighted by atomic mass is 9.85. The van der Waals surface area contributed by atoms with Crippen LogP contribution in [0, 0.1) is 13.8 Å². The van der Waals surface area contributed by atoms with Crippen molar-refractivity contribution in [3.05, 3.63) is 34.9 Å². The van der Waals surface area contributed by atoms with E-state index in [0.29, 0.717) is 19.3 Å². The molecule has 0 saturated heterocycles. The molecule has 104 valence electrons. The van der Waals surface area contributed by atoms with Crippen molar-refractivity contribution in [1.82, 2.24) is 0 Å². The van der Waals surface area contributed by atoms with Gasteiger partial charge in [-0.15, -0.1) is 0 Å². The molecule has 0 heterocycles. The average Bonchev–Trinajstić information content (AvgIpc) is 2.60. The van der Waals surface area contributed by atoms with Crippen molar-refractivity contribution < 1.29 is 9.90 Å². The Balaban J connectivity index is 2.16. The van der Waals surface area contributed by atoms with Gasteiger partial charge in [0, 0.05) is 6.42 Å². The van der Waals surface area contributed by atoms with E-state index < -0.39 is 5.60 Å². The summed E-state index contributed by atoms with van der Waals surface area (Å²) in [6.45, 7) is 4.07. The van der Waals surface area contributed by atoms with Crippen LogP contribution >= 0.6 is 0 Å². The van der Waals surface area contributed by atoms with Crippen LogP contribution in [0.4, 0.5) is 0 Å². The van der Waals surface area contributed by atoms with Gasteiger partial charge in [-0.25, -0.2) is 0 Å². The van der Waals surface area contributed by atoms with Gasteiger partial charge in [0.2, 0.25) is 0 Å². The molecule has 1 aromatic carbocycles. The molecule has 1 N–H and O–H groups in total. The van der Waals surface area contributed by atoms with E-state index in [4.69, 9.17) is 0 Å². The summed E-state index contributed by atoms with van der Waals surface area (Å²) in [5, 5.41) is 10.6. The fourth-order valence-electron chi connectivity index (χ4n) is 3.05. The summed E-state index contributed by atoms with van der Waals surface area (Å²) < 4.78 is 0. The van der Waals surface area contributed by atoms with Gasteiger partial charge in [-0.2, -0.15) is 0 Å². The first-order chi connectivity index (χ1) is 9.03. The lowest BCUT2D eigenvalue weighted by Crippen LogP contribution is -2.39. The molecule has 0 aromatic heterocycles. The molecule has 1 aliphatic carbocycles. The number of carbonyl (C=O) groups excluding carboxylic acids is 1. The van der Waals surface area contributed by atoms with Gasteiger partial charge in [-0.1, -0.05) is 43.9 Å². The van der Waals surface area contributed by atoms with Crippen LogP contribution in [0.1, 0.15) is 55.2 Å². The maximum atomic E-state index is 12.5. The maximum Gasteiger partial charge on any atom is 0.168 e. The number of ketones is 1. The number of aliphatic hydroxyl groups is 1. The molecule has 0 radical (unpaired) electrons. The normalized spacial score (nSPS) is 18.9. The van der Waals surface area contributed by atoms with Gasteiger partial charge in [0.15, 0.2) is 5.78 Å². The summed E-state index contributed by atoms with van der Waals surface area (Å²) >= 11 is 0. The van der Waals surface area contributed by atoms with Crippen molar-refractivity contribution in [3.63, 3.8) is 0 Å². The average molecular weight is 260 g/mol. The van der Waals surface area contributed by atoms with Crippen LogP contribution in [0.25, 0.3) is 0 Å². The highest BCUT2D eigenvalue weighted by Gasteiger charge is 2.35. The van der Waals surface area contributed by atoms with E-state index >= 15 is 0 Å². The molecule has 0 aliphatic heterocycles. The van der Waals surface area contributed by atoms with Crippen LogP contribution in [0.15, 0.2) is 18.2 Å². The number of hydrogen-bond donors (Lipinski definition) is 1. The van der Waals surface area contributed by atoms with Crippen molar-refractivity contribution in [1.29, 1.82) is 0 Å². The van der Waals surface area contributed by atoms with Gasteiger partial charge in [-0.3, -0.25) is 4.79 Å². The molecule has 0 atom stereocenters. The van der Waals surface area contributed by atoms with Gasteiger partial charge in [0.05, 0.1) is 0 Å². The van der Waals surface area contributed by atoms with E-state index in [-0.39, 0.29) is 5.78 Å². The second-order valence-corrected chi connectivity index (χ2v) is 5.92. The van der Waals surface area contributed by atoms with Crippen molar-refractivity contribution in [2.45, 2.75) is 64.4 Å². The summed E-state index contributed by atoms with van der Waals surface area (Å²) in [5.41, 5.74) is 2.30. The van der Waals surface area contributed by atoms with Crippen molar-refractivity contribution >= 4 is 5.78 Å². The highest BCUT2D eigenvalue weighted by atomic mass is 16.3. The first kappa shape index (κ1) is 14.3. The molecule has 0 spiro atoms. The Morgan fingerprint density at radius 3 is 2.16 bits per heavy atom. The van der Waals surface area contributed by atoms with Crippen molar-refractivity contribution in [2.24, 2.45) is 0 Å². The highest BCUT2D eigenvalue weighted by Crippen LogP contribution is 2.29. The highest BCUT2D eigenvalue weighted by molar-refractivity contribution is 5.89. The largest absolute Gasteiger partial charge is 0.382 e. The Hall–Kier alpha value is -1.15. The van der Waals surface area contributed by atoms with Crippen molar-refractivity contribution in [2.75, 3.05) is 0 Å². The van der Waals surface area contributed by atoms with Crippen LogP contribution in [0.2, 0.25) is 0 Å². The molecule has 1 aliphatic rings. The fourth-order valence-corrected chi connectivity index (χ4v) is 3.05. The Bertz CT molecular complexity index is 434. The van der Waals surface area contributed by atoms with E-state index in [1.54, 1.807) is 0 Å². The number of hydrogen-bond acceptors (Lipinski definition) is 2. The molecule has 2 nitrogen and oxygen atoms in total. The van der Waals surface area contributed by atoms with E-state index in [2.05, 4.69) is 0 Å². The van der Waals surface area contributed by atoms with Crippen LogP contribution in [0.5, 0.6) is 0 Å². The zero-order valence-corrected chi connectivity index (χ0v) is 12.0. The van der Waals surface area contributed by atoms with Gasteiger partial charge < -0.3 is 5.11 Å². The number of Topliss-reactive ketones (excluding diaryl/α,β-unsaturated/α-hetero) is 1. The number of rotatable bonds is 3. The van der Waals surface area contributed by atoms with E-state index in [9.17, 15) is 9.90 Å². The van der Waals surface area contributed by atoms with E-state index in [1.807, 2.05) is 32.0 Å². The molecule has 0 amide bonds. The minimum atomic E-state index is -1.08. The topological polar surface area (TPSA) is 37.3 Å². The quantitative estimate of drug-likeness (QED) is 0.845. The first-order valence-corrected chi connectivity index (χ1v) is 7.34. The molecule has 19 heavy (non-hydrogen) atoms. The Morgan fingerprint density at radius 1 is 1.11 bits per heavy atom. The first-order valence-electron chi connectivity index (χ1n) is 7.34. The zero-order chi connectivity index (χ0) is 13.9. The number of carbonyl (C=O) groups is 1. The van der Waals surface area contributed by atoms with E-state index in [1.165, 1.54) is 0 Å². The van der Waals surface area contributed by atoms with E-state index in [0.717, 1.165) is 42.4 Å². The SMILES string of the molecule is Cc1cccc(C)c1CC(=O)C1(O)CCCCCC1. The summed E-state index contributed by atoms with van der Waals surface area (Å²) in [6.07, 6.45) is 5.85. The fraction of sp³-hybridized carbons (Fsp3) is 0.588. The van der Waals surface area contributed by atoms with Crippen molar-refractivity contribution in [3.8, 4) is 0 Å². The van der Waals surface area contributed by atoms with Gasteiger partial charge in [-0.05, 0) is 43.4 Å². The summed E-state index contributed by atoms with van der Waals surface area (Å²) in [6, 6.07) is 6.08. The molecular formula is C17H24O2. The molecule has 1 fully saturated rings. The van der Waals surface area contributed by atoms with Crippen LogP contribution in [0.3, 0.4) is 0 Å². The molecular weight excluding hydrogens is 236 g/mol. The minimum absolute atomic E-state index is 0.00630. The molecule has 1 saturated carbocycles. The Kier molecular flexibility index (Phi) is 4.41. The molecule has 0 bridgehead atoms. The van der Waals surface area contributed by atoms with Gasteiger partial charge >= 0.3 is 0 Å². The van der Waals surface area contributed by atoms with Gasteiger partial charge in [0.1, 0.15) is 5.60 Å². The van der Waals surface area contributed by atoms with Crippen LogP contribution in [-0.2, 0) is 11.2 Å². The predicted molar refractivity (Wildman–Crippen MR) is 77.3 cm³/mol. The number of benzene rings is 1. The third-order valence-electron chi connectivity index (χ3n) is 4.43. The standard InChI is InChI=1S/C17H24O2/c1-13-8-7-9-14(2)15(13)12-16(18)17(19)10-5-3-4-6-11-17/h7-9,19H,3-6,10-12H2,1-2H3. The number of aryl methyl sites for hydroxylation is 2.